The molecule has 19 heavy (non-hydrogen) atoms. The van der Waals surface area contributed by atoms with E-state index in [1.165, 1.54) is 28.9 Å². The normalized spacial score (nSPS) is 15.7. The Morgan fingerprint density at radius 1 is 1.26 bits per heavy atom. The lowest BCUT2D eigenvalue weighted by atomic mass is 10.1. The van der Waals surface area contributed by atoms with E-state index >= 15 is 0 Å². The van der Waals surface area contributed by atoms with Crippen molar-refractivity contribution in [2.75, 3.05) is 5.75 Å². The highest BCUT2D eigenvalue weighted by molar-refractivity contribution is 7.99. The van der Waals surface area contributed by atoms with Crippen LogP contribution in [-0.2, 0) is 4.79 Å². The second-order valence-corrected chi connectivity index (χ2v) is 6.56. The number of hydrogen-bond donors (Lipinski definition) is 1. The molecule has 1 saturated carbocycles. The van der Waals surface area contributed by atoms with E-state index in [9.17, 15) is 4.79 Å². The second kappa shape index (κ2) is 6.99. The molecule has 1 aromatic carbocycles. The molecule has 0 unspecified atom stereocenters. The summed E-state index contributed by atoms with van der Waals surface area (Å²) in [5.41, 5.74) is 2.64. The van der Waals surface area contributed by atoms with E-state index in [1.54, 1.807) is 11.8 Å². The third-order valence-electron chi connectivity index (χ3n) is 3.80. The van der Waals surface area contributed by atoms with Crippen LogP contribution in [0.15, 0.2) is 23.1 Å². The van der Waals surface area contributed by atoms with Gasteiger partial charge in [0.15, 0.2) is 0 Å². The van der Waals surface area contributed by atoms with E-state index in [1.807, 2.05) is 0 Å². The molecule has 0 radical (unpaired) electrons. The van der Waals surface area contributed by atoms with Crippen molar-refractivity contribution in [1.82, 2.24) is 5.32 Å². The summed E-state index contributed by atoms with van der Waals surface area (Å²) < 4.78 is 0. The van der Waals surface area contributed by atoms with Gasteiger partial charge in [-0.05, 0) is 49.9 Å². The Labute approximate surface area is 120 Å². The number of hydrogen-bond acceptors (Lipinski definition) is 2. The van der Waals surface area contributed by atoms with Gasteiger partial charge in [0.05, 0.1) is 0 Å². The Morgan fingerprint density at radius 3 is 2.68 bits per heavy atom. The minimum atomic E-state index is 0.211. The molecule has 0 aliphatic heterocycles. The van der Waals surface area contributed by atoms with Crippen molar-refractivity contribution in [3.05, 3.63) is 29.3 Å². The van der Waals surface area contributed by atoms with Gasteiger partial charge in [-0.25, -0.2) is 0 Å². The van der Waals surface area contributed by atoms with Crippen LogP contribution >= 0.6 is 11.8 Å². The smallest absolute Gasteiger partial charge is 0.221 e. The number of aryl methyl sites for hydroxylation is 2. The van der Waals surface area contributed by atoms with Gasteiger partial charge in [-0.15, -0.1) is 11.8 Å². The van der Waals surface area contributed by atoms with Crippen LogP contribution in [0.1, 0.15) is 43.2 Å². The van der Waals surface area contributed by atoms with Crippen molar-refractivity contribution < 1.29 is 4.79 Å². The highest BCUT2D eigenvalue weighted by Crippen LogP contribution is 2.22. The maximum Gasteiger partial charge on any atom is 0.221 e. The third kappa shape index (κ3) is 4.57. The highest BCUT2D eigenvalue weighted by Gasteiger charge is 2.16. The largest absolute Gasteiger partial charge is 0.353 e. The number of carbonyl (C=O) groups excluding carboxylic acids is 1. The standard InChI is InChI=1S/C16H23NOS/c1-12-7-8-15(11-13(12)2)19-10-9-16(18)17-14-5-3-4-6-14/h7-8,11,14H,3-6,9-10H2,1-2H3,(H,17,18). The molecule has 2 nitrogen and oxygen atoms in total. The van der Waals surface area contributed by atoms with E-state index in [2.05, 4.69) is 37.4 Å². The molecular formula is C16H23NOS. The summed E-state index contributed by atoms with van der Waals surface area (Å²) in [5, 5.41) is 3.13. The summed E-state index contributed by atoms with van der Waals surface area (Å²) in [6.45, 7) is 4.25. The maximum atomic E-state index is 11.8. The lowest BCUT2D eigenvalue weighted by Crippen LogP contribution is -2.32. The number of nitrogens with one attached hydrogen (secondary N) is 1. The molecule has 0 saturated heterocycles. The van der Waals surface area contributed by atoms with E-state index in [4.69, 9.17) is 0 Å². The summed E-state index contributed by atoms with van der Waals surface area (Å²) in [7, 11) is 0. The molecule has 1 aromatic rings. The summed E-state index contributed by atoms with van der Waals surface area (Å²) in [5.74, 6) is 1.07. The number of amides is 1. The number of benzene rings is 1. The van der Waals surface area contributed by atoms with Crippen LogP contribution in [0, 0.1) is 13.8 Å². The van der Waals surface area contributed by atoms with Gasteiger partial charge in [0, 0.05) is 23.1 Å². The zero-order valence-corrected chi connectivity index (χ0v) is 12.7. The Bertz CT molecular complexity index is 438. The second-order valence-electron chi connectivity index (χ2n) is 5.39. The molecule has 0 spiro atoms. The first-order valence-electron chi connectivity index (χ1n) is 7.14. The first-order chi connectivity index (χ1) is 9.15. The van der Waals surface area contributed by atoms with Gasteiger partial charge in [-0.2, -0.15) is 0 Å². The predicted molar refractivity (Wildman–Crippen MR) is 81.7 cm³/mol. The first-order valence-corrected chi connectivity index (χ1v) is 8.13. The van der Waals surface area contributed by atoms with E-state index in [-0.39, 0.29) is 5.91 Å². The minimum Gasteiger partial charge on any atom is -0.353 e. The summed E-state index contributed by atoms with van der Waals surface area (Å²) in [6.07, 6.45) is 5.48. The lowest BCUT2D eigenvalue weighted by Gasteiger charge is -2.11. The Hall–Kier alpha value is -0.960. The fourth-order valence-electron chi connectivity index (χ4n) is 2.44. The molecule has 104 valence electrons. The fraction of sp³-hybridized carbons (Fsp3) is 0.562. The fourth-order valence-corrected chi connectivity index (χ4v) is 3.38. The van der Waals surface area contributed by atoms with Gasteiger partial charge in [0.1, 0.15) is 0 Å². The zero-order chi connectivity index (χ0) is 13.7. The summed E-state index contributed by atoms with van der Waals surface area (Å²) >= 11 is 1.77. The van der Waals surface area contributed by atoms with Crippen molar-refractivity contribution in [2.24, 2.45) is 0 Å². The molecule has 1 amide bonds. The van der Waals surface area contributed by atoms with Gasteiger partial charge in [0.25, 0.3) is 0 Å². The van der Waals surface area contributed by atoms with Crippen molar-refractivity contribution in [3.63, 3.8) is 0 Å². The molecule has 0 aromatic heterocycles. The van der Waals surface area contributed by atoms with E-state index < -0.39 is 0 Å². The molecule has 0 bridgehead atoms. The van der Waals surface area contributed by atoms with Crippen LogP contribution in [0.25, 0.3) is 0 Å². The average molecular weight is 277 g/mol. The highest BCUT2D eigenvalue weighted by atomic mass is 32.2. The maximum absolute atomic E-state index is 11.8. The SMILES string of the molecule is Cc1ccc(SCCC(=O)NC2CCCC2)cc1C. The molecule has 1 aliphatic carbocycles. The van der Waals surface area contributed by atoms with Crippen LogP contribution < -0.4 is 5.32 Å². The molecule has 1 aliphatic rings. The third-order valence-corrected chi connectivity index (χ3v) is 4.79. The van der Waals surface area contributed by atoms with Crippen molar-refractivity contribution in [2.45, 2.75) is 56.9 Å². The molecular weight excluding hydrogens is 254 g/mol. The minimum absolute atomic E-state index is 0.211. The topological polar surface area (TPSA) is 29.1 Å². The zero-order valence-electron chi connectivity index (χ0n) is 11.9. The summed E-state index contributed by atoms with van der Waals surface area (Å²) in [6, 6.07) is 6.94. The Kier molecular flexibility index (Phi) is 5.32. The van der Waals surface area contributed by atoms with Gasteiger partial charge in [0.2, 0.25) is 5.91 Å². The van der Waals surface area contributed by atoms with E-state index in [0.717, 1.165) is 18.6 Å². The van der Waals surface area contributed by atoms with Crippen molar-refractivity contribution in [1.29, 1.82) is 0 Å². The molecule has 2 rings (SSSR count). The number of thioether (sulfide) groups is 1. The van der Waals surface area contributed by atoms with Crippen LogP contribution in [-0.4, -0.2) is 17.7 Å². The van der Waals surface area contributed by atoms with Gasteiger partial charge in [-0.3, -0.25) is 4.79 Å². The number of carbonyl (C=O) groups is 1. The molecule has 1 fully saturated rings. The molecule has 0 atom stereocenters. The quantitative estimate of drug-likeness (QED) is 0.828. The predicted octanol–water partition coefficient (Wildman–Crippen LogP) is 3.84. The van der Waals surface area contributed by atoms with Crippen LogP contribution in [0.5, 0.6) is 0 Å². The Balaban J connectivity index is 1.70. The lowest BCUT2D eigenvalue weighted by molar-refractivity contribution is -0.121. The van der Waals surface area contributed by atoms with Crippen molar-refractivity contribution >= 4 is 17.7 Å². The van der Waals surface area contributed by atoms with Gasteiger partial charge in [-0.1, -0.05) is 18.9 Å². The van der Waals surface area contributed by atoms with Crippen LogP contribution in [0.3, 0.4) is 0 Å². The molecule has 0 heterocycles. The van der Waals surface area contributed by atoms with Crippen molar-refractivity contribution in [3.8, 4) is 0 Å². The van der Waals surface area contributed by atoms with Crippen LogP contribution in [0.4, 0.5) is 0 Å². The molecule has 1 N–H and O–H groups in total. The van der Waals surface area contributed by atoms with Crippen LogP contribution in [0.2, 0.25) is 0 Å². The first kappa shape index (κ1) is 14.4. The summed E-state index contributed by atoms with van der Waals surface area (Å²) in [4.78, 5) is 13.0. The van der Waals surface area contributed by atoms with E-state index in [0.29, 0.717) is 12.5 Å². The average Bonchev–Trinajstić information content (AvgIpc) is 2.86. The molecule has 3 heteroatoms. The van der Waals surface area contributed by atoms with Gasteiger partial charge < -0.3 is 5.32 Å². The monoisotopic (exact) mass is 277 g/mol. The Morgan fingerprint density at radius 2 is 2.00 bits per heavy atom. The van der Waals surface area contributed by atoms with Gasteiger partial charge >= 0.3 is 0 Å². The number of rotatable bonds is 5.